The lowest BCUT2D eigenvalue weighted by Gasteiger charge is -2.04. The largest absolute Gasteiger partial charge is 0.365 e. The zero-order chi connectivity index (χ0) is 12.5. The van der Waals surface area contributed by atoms with Gasteiger partial charge in [-0.25, -0.2) is 9.97 Å². The van der Waals surface area contributed by atoms with Gasteiger partial charge in [0.05, 0.1) is 15.7 Å². The molecule has 0 unspecified atom stereocenters. The average Bonchev–Trinajstić information content (AvgIpc) is 2.91. The first-order valence-electron chi connectivity index (χ1n) is 5.41. The van der Waals surface area contributed by atoms with Gasteiger partial charge >= 0.3 is 0 Å². The maximum absolute atomic E-state index is 4.32. The first-order chi connectivity index (χ1) is 8.72. The highest BCUT2D eigenvalue weighted by molar-refractivity contribution is 9.11. The Morgan fingerprint density at radius 3 is 2.94 bits per heavy atom. The number of nitrogens with one attached hydrogen (secondary N) is 1. The Hall–Kier alpha value is -0.980. The van der Waals surface area contributed by atoms with Crippen molar-refractivity contribution in [2.24, 2.45) is 0 Å². The van der Waals surface area contributed by atoms with Crippen LogP contribution in [0.3, 0.4) is 0 Å². The molecule has 1 N–H and O–H groups in total. The molecule has 0 aromatic carbocycles. The third-order valence-corrected chi connectivity index (χ3v) is 5.09. The van der Waals surface area contributed by atoms with Gasteiger partial charge in [0.25, 0.3) is 0 Å². The standard InChI is InChI=1S/C12H10BrN3S2/c1-7-4-9-11(15-6-16-12(9)17-7)14-5-8-2-3-10(13)18-8/h2-4,6H,5H2,1H3,(H,14,15,16). The molecule has 6 heteroatoms. The lowest BCUT2D eigenvalue weighted by molar-refractivity contribution is 1.13. The summed E-state index contributed by atoms with van der Waals surface area (Å²) in [7, 11) is 0. The summed E-state index contributed by atoms with van der Waals surface area (Å²) >= 11 is 6.90. The van der Waals surface area contributed by atoms with Crippen LogP contribution in [0.2, 0.25) is 0 Å². The summed E-state index contributed by atoms with van der Waals surface area (Å²) in [5.74, 6) is 0.911. The van der Waals surface area contributed by atoms with E-state index in [0.717, 1.165) is 26.4 Å². The van der Waals surface area contributed by atoms with Crippen molar-refractivity contribution >= 4 is 54.6 Å². The summed E-state index contributed by atoms with van der Waals surface area (Å²) in [6.07, 6.45) is 1.62. The average molecular weight is 340 g/mol. The van der Waals surface area contributed by atoms with Gasteiger partial charge in [-0.2, -0.15) is 0 Å². The summed E-state index contributed by atoms with van der Waals surface area (Å²) < 4.78 is 1.15. The van der Waals surface area contributed by atoms with Crippen molar-refractivity contribution in [1.82, 2.24) is 9.97 Å². The molecule has 3 heterocycles. The van der Waals surface area contributed by atoms with Crippen LogP contribution in [0.4, 0.5) is 5.82 Å². The number of hydrogen-bond acceptors (Lipinski definition) is 5. The van der Waals surface area contributed by atoms with Gasteiger partial charge in [0.15, 0.2) is 0 Å². The molecular weight excluding hydrogens is 330 g/mol. The zero-order valence-corrected chi connectivity index (χ0v) is 12.8. The minimum atomic E-state index is 0.789. The fourth-order valence-corrected chi connectivity index (χ4v) is 4.00. The Balaban J connectivity index is 1.86. The molecule has 18 heavy (non-hydrogen) atoms. The number of thiophene rings is 2. The molecule has 0 saturated carbocycles. The van der Waals surface area contributed by atoms with Crippen LogP contribution in [0.1, 0.15) is 9.75 Å². The highest BCUT2D eigenvalue weighted by Crippen LogP contribution is 2.28. The van der Waals surface area contributed by atoms with E-state index in [-0.39, 0.29) is 0 Å². The number of fused-ring (bicyclic) bond motifs is 1. The molecular formula is C12H10BrN3S2. The van der Waals surface area contributed by atoms with Gasteiger partial charge in [0.2, 0.25) is 0 Å². The Labute approximate surface area is 121 Å². The predicted octanol–water partition coefficient (Wildman–Crippen LogP) is 4.44. The molecule has 0 fully saturated rings. The van der Waals surface area contributed by atoms with E-state index in [9.17, 15) is 0 Å². The molecule has 3 aromatic heterocycles. The van der Waals surface area contributed by atoms with Crippen LogP contribution in [-0.4, -0.2) is 9.97 Å². The molecule has 0 saturated heterocycles. The Kier molecular flexibility index (Phi) is 3.32. The molecule has 0 spiro atoms. The monoisotopic (exact) mass is 339 g/mol. The number of aryl methyl sites for hydroxylation is 1. The summed E-state index contributed by atoms with van der Waals surface area (Å²) in [4.78, 5) is 12.2. The fourth-order valence-electron chi connectivity index (χ4n) is 1.73. The van der Waals surface area contributed by atoms with Crippen LogP contribution >= 0.6 is 38.6 Å². The van der Waals surface area contributed by atoms with Crippen LogP contribution in [0.25, 0.3) is 10.2 Å². The van der Waals surface area contributed by atoms with Crippen molar-refractivity contribution in [2.45, 2.75) is 13.5 Å². The van der Waals surface area contributed by atoms with Crippen LogP contribution in [0, 0.1) is 6.92 Å². The van der Waals surface area contributed by atoms with Gasteiger partial charge in [0.1, 0.15) is 17.0 Å². The normalized spacial score (nSPS) is 11.0. The summed E-state index contributed by atoms with van der Waals surface area (Å²) in [6, 6.07) is 6.30. The summed E-state index contributed by atoms with van der Waals surface area (Å²) in [6.45, 7) is 2.88. The maximum atomic E-state index is 4.32. The van der Waals surface area contributed by atoms with Gasteiger partial charge in [-0.3, -0.25) is 0 Å². The summed E-state index contributed by atoms with van der Waals surface area (Å²) in [5.41, 5.74) is 0. The second-order valence-corrected chi connectivity index (χ2v) is 7.64. The Morgan fingerprint density at radius 1 is 1.28 bits per heavy atom. The molecule has 0 amide bonds. The second-order valence-electron chi connectivity index (χ2n) is 3.86. The van der Waals surface area contributed by atoms with E-state index in [1.54, 1.807) is 29.0 Å². The van der Waals surface area contributed by atoms with E-state index >= 15 is 0 Å². The van der Waals surface area contributed by atoms with Crippen LogP contribution in [0.5, 0.6) is 0 Å². The predicted molar refractivity (Wildman–Crippen MR) is 81.5 cm³/mol. The maximum Gasteiger partial charge on any atom is 0.138 e. The SMILES string of the molecule is Cc1cc2c(NCc3ccc(Br)s3)ncnc2s1. The summed E-state index contributed by atoms with van der Waals surface area (Å²) in [5, 5.41) is 4.48. The molecule has 0 aliphatic heterocycles. The highest BCUT2D eigenvalue weighted by atomic mass is 79.9. The Bertz CT molecular complexity index is 690. The molecule has 92 valence electrons. The van der Waals surface area contributed by atoms with E-state index in [4.69, 9.17) is 0 Å². The van der Waals surface area contributed by atoms with Crippen molar-refractivity contribution in [3.8, 4) is 0 Å². The van der Waals surface area contributed by atoms with Crippen molar-refractivity contribution in [2.75, 3.05) is 5.32 Å². The van der Waals surface area contributed by atoms with E-state index < -0.39 is 0 Å². The van der Waals surface area contributed by atoms with Crippen LogP contribution < -0.4 is 5.32 Å². The molecule has 3 rings (SSSR count). The van der Waals surface area contributed by atoms with Gasteiger partial charge < -0.3 is 5.32 Å². The van der Waals surface area contributed by atoms with Gasteiger partial charge in [-0.1, -0.05) is 0 Å². The number of halogens is 1. The number of nitrogens with zero attached hydrogens (tertiary/aromatic N) is 2. The molecule has 0 aliphatic carbocycles. The molecule has 0 bridgehead atoms. The third-order valence-electron chi connectivity index (χ3n) is 2.51. The van der Waals surface area contributed by atoms with E-state index in [1.807, 2.05) is 0 Å². The van der Waals surface area contributed by atoms with E-state index in [1.165, 1.54) is 9.75 Å². The van der Waals surface area contributed by atoms with Crippen molar-refractivity contribution < 1.29 is 0 Å². The lowest BCUT2D eigenvalue weighted by atomic mass is 10.3. The number of rotatable bonds is 3. The number of aromatic nitrogens is 2. The first kappa shape index (κ1) is 12.1. The third kappa shape index (κ3) is 2.41. The minimum Gasteiger partial charge on any atom is -0.365 e. The van der Waals surface area contributed by atoms with Crippen LogP contribution in [0.15, 0.2) is 28.3 Å². The lowest BCUT2D eigenvalue weighted by Crippen LogP contribution is -2.00. The molecule has 3 nitrogen and oxygen atoms in total. The van der Waals surface area contributed by atoms with Gasteiger partial charge in [-0.15, -0.1) is 22.7 Å². The van der Waals surface area contributed by atoms with Crippen molar-refractivity contribution in [3.63, 3.8) is 0 Å². The molecule has 0 radical (unpaired) electrons. The van der Waals surface area contributed by atoms with E-state index in [2.05, 4.69) is 56.3 Å². The number of hydrogen-bond donors (Lipinski definition) is 1. The molecule has 0 atom stereocenters. The fraction of sp³-hybridized carbons (Fsp3) is 0.167. The highest BCUT2D eigenvalue weighted by Gasteiger charge is 2.07. The Morgan fingerprint density at radius 2 is 2.17 bits per heavy atom. The molecule has 3 aromatic rings. The van der Waals surface area contributed by atoms with Crippen LogP contribution in [-0.2, 0) is 6.54 Å². The van der Waals surface area contributed by atoms with Crippen molar-refractivity contribution in [1.29, 1.82) is 0 Å². The zero-order valence-electron chi connectivity index (χ0n) is 9.61. The quantitative estimate of drug-likeness (QED) is 0.766. The smallest absolute Gasteiger partial charge is 0.138 e. The van der Waals surface area contributed by atoms with Gasteiger partial charge in [-0.05, 0) is 41.1 Å². The first-order valence-corrected chi connectivity index (χ1v) is 7.84. The topological polar surface area (TPSA) is 37.8 Å². The van der Waals surface area contributed by atoms with Gasteiger partial charge in [0, 0.05) is 9.75 Å². The van der Waals surface area contributed by atoms with E-state index in [0.29, 0.717) is 0 Å². The molecule has 0 aliphatic rings. The van der Waals surface area contributed by atoms with Crippen molar-refractivity contribution in [3.05, 3.63) is 38.1 Å². The second kappa shape index (κ2) is 4.95. The minimum absolute atomic E-state index is 0.789. The number of anilines is 1.